The zero-order valence-electron chi connectivity index (χ0n) is 8.23. The number of nitrogens with one attached hydrogen (secondary N) is 2. The van der Waals surface area contributed by atoms with Gasteiger partial charge in [0.2, 0.25) is 5.96 Å². The summed E-state index contributed by atoms with van der Waals surface area (Å²) in [6.45, 7) is 1.30. The maximum absolute atomic E-state index is 8.89. The van der Waals surface area contributed by atoms with Crippen molar-refractivity contribution in [3.05, 3.63) is 0 Å². The first kappa shape index (κ1) is 13.5. The SMILES string of the molecule is CN=C(NCCCCN)NS(N)(O)O. The van der Waals surface area contributed by atoms with Crippen LogP contribution in [0.1, 0.15) is 12.8 Å². The summed E-state index contributed by atoms with van der Waals surface area (Å²) >= 11 is 0. The first-order valence-electron chi connectivity index (χ1n) is 4.24. The predicted octanol–water partition coefficient (Wildman–Crippen LogP) is -0.570. The van der Waals surface area contributed by atoms with Crippen LogP contribution in [0.3, 0.4) is 0 Å². The standard InChI is InChI=1S/C6H19N5O2S/c1-9-6(11-14(8,12)13)10-5-3-2-4-7/h12-13H,2-5,7-8H2,1H3,(H2,9,10,11). The Labute approximate surface area is 85.6 Å². The highest BCUT2D eigenvalue weighted by atomic mass is 32.3. The van der Waals surface area contributed by atoms with E-state index in [0.717, 1.165) is 12.8 Å². The Balaban J connectivity index is 3.71. The zero-order valence-corrected chi connectivity index (χ0v) is 9.05. The lowest BCUT2D eigenvalue weighted by molar-refractivity contribution is 0.482. The highest BCUT2D eigenvalue weighted by Gasteiger charge is 2.06. The molecule has 0 aromatic heterocycles. The fraction of sp³-hybridized carbons (Fsp3) is 0.833. The van der Waals surface area contributed by atoms with E-state index < -0.39 is 11.0 Å². The van der Waals surface area contributed by atoms with Crippen LogP contribution in [0.25, 0.3) is 0 Å². The van der Waals surface area contributed by atoms with Gasteiger partial charge >= 0.3 is 0 Å². The third-order valence-electron chi connectivity index (χ3n) is 1.39. The maximum Gasteiger partial charge on any atom is 0.210 e. The van der Waals surface area contributed by atoms with Gasteiger partial charge in [0.05, 0.1) is 0 Å². The fourth-order valence-corrected chi connectivity index (χ4v) is 1.23. The van der Waals surface area contributed by atoms with Crippen molar-refractivity contribution < 1.29 is 9.11 Å². The number of unbranched alkanes of at least 4 members (excludes halogenated alkanes) is 1. The number of hydrogen-bond acceptors (Lipinski definition) is 5. The fourth-order valence-electron chi connectivity index (χ4n) is 0.779. The Morgan fingerprint density at radius 3 is 2.50 bits per heavy atom. The molecule has 86 valence electrons. The van der Waals surface area contributed by atoms with Gasteiger partial charge in [0.25, 0.3) is 0 Å². The molecule has 8 heteroatoms. The van der Waals surface area contributed by atoms with Gasteiger partial charge in [-0.2, -0.15) is 0 Å². The third-order valence-corrected chi connectivity index (χ3v) is 1.89. The van der Waals surface area contributed by atoms with Crippen LogP contribution in [0.5, 0.6) is 0 Å². The van der Waals surface area contributed by atoms with Gasteiger partial charge in [0.15, 0.2) is 0 Å². The molecular weight excluding hydrogens is 206 g/mol. The van der Waals surface area contributed by atoms with Crippen LogP contribution in [-0.2, 0) is 0 Å². The van der Waals surface area contributed by atoms with Crippen LogP contribution in [0.4, 0.5) is 0 Å². The zero-order chi connectivity index (χ0) is 11.0. The van der Waals surface area contributed by atoms with Crippen molar-refractivity contribution in [3.63, 3.8) is 0 Å². The molecule has 14 heavy (non-hydrogen) atoms. The number of nitrogens with zero attached hydrogens (tertiary/aromatic N) is 1. The molecule has 0 atom stereocenters. The Morgan fingerprint density at radius 1 is 1.43 bits per heavy atom. The van der Waals surface area contributed by atoms with E-state index in [1.807, 2.05) is 0 Å². The summed E-state index contributed by atoms with van der Waals surface area (Å²) in [5.74, 6) is 0.268. The second-order valence-corrected chi connectivity index (χ2v) is 4.08. The molecular formula is C6H19N5O2S. The van der Waals surface area contributed by atoms with Gasteiger partial charge in [-0.1, -0.05) is 11.0 Å². The van der Waals surface area contributed by atoms with E-state index in [2.05, 4.69) is 15.0 Å². The van der Waals surface area contributed by atoms with Crippen LogP contribution in [0.15, 0.2) is 4.99 Å². The van der Waals surface area contributed by atoms with Crippen LogP contribution in [0.2, 0.25) is 0 Å². The number of aliphatic imine (C=N–C) groups is 1. The first-order chi connectivity index (χ1) is 6.49. The van der Waals surface area contributed by atoms with Gasteiger partial charge in [0, 0.05) is 13.6 Å². The minimum absolute atomic E-state index is 0.268. The number of rotatable bonds is 5. The summed E-state index contributed by atoms with van der Waals surface area (Å²) in [5.41, 5.74) is 5.31. The van der Waals surface area contributed by atoms with Gasteiger partial charge in [0.1, 0.15) is 0 Å². The normalized spacial score (nSPS) is 13.9. The van der Waals surface area contributed by atoms with Gasteiger partial charge in [-0.3, -0.25) is 14.1 Å². The number of guanidine groups is 1. The second-order valence-electron chi connectivity index (χ2n) is 2.69. The lowest BCUT2D eigenvalue weighted by Crippen LogP contribution is -2.41. The number of hydrogen-bond donors (Lipinski definition) is 6. The lowest BCUT2D eigenvalue weighted by Gasteiger charge is -2.28. The molecule has 7 nitrogen and oxygen atoms in total. The molecule has 0 saturated heterocycles. The Bertz CT molecular complexity index is 182. The van der Waals surface area contributed by atoms with Gasteiger partial charge < -0.3 is 11.1 Å². The summed E-state index contributed by atoms with van der Waals surface area (Å²) in [6.07, 6.45) is 1.80. The molecule has 0 aliphatic heterocycles. The highest BCUT2D eigenvalue weighted by Crippen LogP contribution is 2.20. The van der Waals surface area contributed by atoms with Crippen molar-refractivity contribution in [1.82, 2.24) is 10.0 Å². The predicted molar refractivity (Wildman–Crippen MR) is 59.8 cm³/mol. The van der Waals surface area contributed by atoms with Crippen LogP contribution >= 0.6 is 11.0 Å². The van der Waals surface area contributed by atoms with E-state index in [0.29, 0.717) is 13.1 Å². The van der Waals surface area contributed by atoms with Crippen molar-refractivity contribution in [1.29, 1.82) is 0 Å². The molecule has 0 fully saturated rings. The Morgan fingerprint density at radius 2 is 2.07 bits per heavy atom. The van der Waals surface area contributed by atoms with Crippen molar-refractivity contribution in [2.24, 2.45) is 15.9 Å². The average Bonchev–Trinajstić information content (AvgIpc) is 2.08. The van der Waals surface area contributed by atoms with E-state index in [9.17, 15) is 0 Å². The molecule has 0 aromatic rings. The van der Waals surface area contributed by atoms with E-state index in [4.69, 9.17) is 20.0 Å². The summed E-state index contributed by atoms with van der Waals surface area (Å²) < 4.78 is 20.0. The van der Waals surface area contributed by atoms with Crippen molar-refractivity contribution in [2.75, 3.05) is 20.1 Å². The highest BCUT2D eigenvalue weighted by molar-refractivity contribution is 8.21. The van der Waals surface area contributed by atoms with Gasteiger partial charge in [-0.25, -0.2) is 9.86 Å². The smallest absolute Gasteiger partial charge is 0.210 e. The van der Waals surface area contributed by atoms with E-state index in [1.165, 1.54) is 7.05 Å². The molecule has 0 aromatic carbocycles. The molecule has 0 rings (SSSR count). The lowest BCUT2D eigenvalue weighted by atomic mass is 10.3. The Hall–Kier alpha value is -0.540. The van der Waals surface area contributed by atoms with Gasteiger partial charge in [-0.05, 0) is 19.4 Å². The molecule has 0 spiro atoms. The van der Waals surface area contributed by atoms with Crippen LogP contribution < -0.4 is 20.9 Å². The molecule has 0 aliphatic rings. The minimum Gasteiger partial charge on any atom is -0.355 e. The second kappa shape index (κ2) is 6.85. The summed E-state index contributed by atoms with van der Waals surface area (Å²) in [5, 5.41) is 7.85. The minimum atomic E-state index is -3.25. The van der Waals surface area contributed by atoms with E-state index in [1.54, 1.807) is 0 Å². The number of nitrogens with two attached hydrogens (primary N) is 2. The molecule has 8 N–H and O–H groups in total. The quantitative estimate of drug-likeness (QED) is 0.211. The van der Waals surface area contributed by atoms with Crippen LogP contribution in [-0.4, -0.2) is 35.2 Å². The summed E-state index contributed by atoms with van der Waals surface area (Å²) in [4.78, 5) is 3.76. The maximum atomic E-state index is 8.89. The molecule has 0 saturated carbocycles. The van der Waals surface area contributed by atoms with Crippen molar-refractivity contribution >= 4 is 16.9 Å². The third kappa shape index (κ3) is 8.08. The van der Waals surface area contributed by atoms with Crippen molar-refractivity contribution in [3.8, 4) is 0 Å². The molecule has 0 unspecified atom stereocenters. The monoisotopic (exact) mass is 225 g/mol. The Kier molecular flexibility index (Phi) is 6.58. The van der Waals surface area contributed by atoms with E-state index in [-0.39, 0.29) is 5.96 Å². The summed E-state index contributed by atoms with van der Waals surface area (Å²) in [6, 6.07) is 0. The largest absolute Gasteiger partial charge is 0.355 e. The molecule has 0 bridgehead atoms. The molecule has 0 heterocycles. The van der Waals surface area contributed by atoms with Crippen LogP contribution in [0, 0.1) is 0 Å². The molecule has 0 amide bonds. The van der Waals surface area contributed by atoms with Crippen molar-refractivity contribution in [2.45, 2.75) is 12.8 Å². The molecule has 0 aliphatic carbocycles. The topological polar surface area (TPSA) is 129 Å². The average molecular weight is 225 g/mol. The molecule has 0 radical (unpaired) electrons. The van der Waals surface area contributed by atoms with E-state index >= 15 is 0 Å². The first-order valence-corrected chi connectivity index (χ1v) is 5.85. The van der Waals surface area contributed by atoms with Gasteiger partial charge in [-0.15, -0.1) is 0 Å². The summed E-state index contributed by atoms with van der Waals surface area (Å²) in [7, 11) is -1.73.